The van der Waals surface area contributed by atoms with Gasteiger partial charge in [0, 0.05) is 25.1 Å². The lowest BCUT2D eigenvalue weighted by Crippen LogP contribution is -2.22. The van der Waals surface area contributed by atoms with Crippen LogP contribution < -0.4 is 5.32 Å². The van der Waals surface area contributed by atoms with Crippen molar-refractivity contribution in [3.8, 4) is 0 Å². The van der Waals surface area contributed by atoms with E-state index in [0.29, 0.717) is 30.8 Å². The van der Waals surface area contributed by atoms with E-state index in [9.17, 15) is 13.2 Å². The van der Waals surface area contributed by atoms with Crippen molar-refractivity contribution in [1.29, 1.82) is 0 Å². The van der Waals surface area contributed by atoms with Gasteiger partial charge in [0.25, 0.3) is 0 Å². The van der Waals surface area contributed by atoms with Crippen molar-refractivity contribution in [2.45, 2.75) is 19.1 Å². The normalized spacial score (nSPS) is 17.2. The molecule has 2 rings (SSSR count). The molecule has 0 amide bonds. The maximum atomic E-state index is 12.2. The zero-order valence-corrected chi connectivity index (χ0v) is 6.74. The average Bonchev–Trinajstić information content (AvgIpc) is 2.45. The highest BCUT2D eigenvalue weighted by atomic mass is 19.4. The second-order valence-corrected chi connectivity index (χ2v) is 2.98. The number of rotatable bonds is 0. The molecular formula is C8H8F3NO. The topological polar surface area (TPSA) is 25.2 Å². The smallest absolute Gasteiger partial charge is 0.449 e. The summed E-state index contributed by atoms with van der Waals surface area (Å²) in [5.41, 5.74) is 0.624. The number of furan rings is 1. The molecule has 1 aromatic rings. The van der Waals surface area contributed by atoms with Crippen LogP contribution in [0.25, 0.3) is 0 Å². The highest BCUT2D eigenvalue weighted by Crippen LogP contribution is 2.33. The molecule has 0 aromatic carbocycles. The summed E-state index contributed by atoms with van der Waals surface area (Å²) in [6.45, 7) is 1.15. The number of nitrogens with one attached hydrogen (secondary N) is 1. The van der Waals surface area contributed by atoms with Crippen LogP contribution in [0.3, 0.4) is 0 Å². The van der Waals surface area contributed by atoms with Gasteiger partial charge in [-0.2, -0.15) is 13.2 Å². The molecule has 2 heterocycles. The van der Waals surface area contributed by atoms with Gasteiger partial charge in [0.05, 0.1) is 0 Å². The minimum atomic E-state index is -4.36. The van der Waals surface area contributed by atoms with Gasteiger partial charge in [-0.15, -0.1) is 0 Å². The molecule has 5 heteroatoms. The van der Waals surface area contributed by atoms with E-state index in [1.165, 1.54) is 0 Å². The Balaban J connectivity index is 2.36. The second kappa shape index (κ2) is 2.77. The summed E-state index contributed by atoms with van der Waals surface area (Å²) in [6.07, 6.45) is -3.83. The standard InChI is InChI=1S/C8H8F3NO/c9-8(10,11)7-3-5-4-12-2-1-6(5)13-7/h3,12H,1-2,4H2. The third kappa shape index (κ3) is 1.56. The first-order chi connectivity index (χ1) is 6.07. The molecule has 0 bridgehead atoms. The molecule has 72 valence electrons. The van der Waals surface area contributed by atoms with E-state index in [2.05, 4.69) is 5.32 Å². The van der Waals surface area contributed by atoms with Gasteiger partial charge in [0.2, 0.25) is 5.76 Å². The summed E-state index contributed by atoms with van der Waals surface area (Å²) < 4.78 is 41.2. The van der Waals surface area contributed by atoms with Crippen LogP contribution in [0.4, 0.5) is 13.2 Å². The monoisotopic (exact) mass is 191 g/mol. The van der Waals surface area contributed by atoms with E-state index in [4.69, 9.17) is 4.42 Å². The van der Waals surface area contributed by atoms with Crippen LogP contribution in [0.1, 0.15) is 17.1 Å². The lowest BCUT2D eigenvalue weighted by atomic mass is 10.1. The summed E-state index contributed by atoms with van der Waals surface area (Å²) in [5.74, 6) is -0.424. The number of alkyl halides is 3. The first kappa shape index (κ1) is 8.62. The molecule has 0 saturated carbocycles. The van der Waals surface area contributed by atoms with E-state index < -0.39 is 11.9 Å². The van der Waals surface area contributed by atoms with Crippen LogP contribution in [0, 0.1) is 0 Å². The average molecular weight is 191 g/mol. The summed E-state index contributed by atoms with van der Waals surface area (Å²) in [7, 11) is 0. The van der Waals surface area contributed by atoms with Crippen molar-refractivity contribution >= 4 is 0 Å². The lowest BCUT2D eigenvalue weighted by Gasteiger charge is -2.09. The fraction of sp³-hybridized carbons (Fsp3) is 0.500. The molecule has 2 nitrogen and oxygen atoms in total. The van der Waals surface area contributed by atoms with Crippen molar-refractivity contribution in [1.82, 2.24) is 5.32 Å². The summed E-state index contributed by atoms with van der Waals surface area (Å²) in [4.78, 5) is 0. The van der Waals surface area contributed by atoms with Crippen molar-refractivity contribution in [2.75, 3.05) is 6.54 Å². The zero-order chi connectivity index (χ0) is 9.47. The van der Waals surface area contributed by atoms with Crippen molar-refractivity contribution in [2.24, 2.45) is 0 Å². The van der Waals surface area contributed by atoms with E-state index in [1.54, 1.807) is 0 Å². The van der Waals surface area contributed by atoms with Gasteiger partial charge in [-0.3, -0.25) is 0 Å². The fourth-order valence-electron chi connectivity index (χ4n) is 1.39. The zero-order valence-electron chi connectivity index (χ0n) is 6.74. The summed E-state index contributed by atoms with van der Waals surface area (Å²) >= 11 is 0. The van der Waals surface area contributed by atoms with Gasteiger partial charge < -0.3 is 9.73 Å². The second-order valence-electron chi connectivity index (χ2n) is 2.98. The summed E-state index contributed by atoms with van der Waals surface area (Å²) in [5, 5.41) is 2.98. The van der Waals surface area contributed by atoms with Gasteiger partial charge in [-0.1, -0.05) is 0 Å². The highest BCUT2D eigenvalue weighted by molar-refractivity contribution is 5.25. The first-order valence-corrected chi connectivity index (χ1v) is 3.97. The van der Waals surface area contributed by atoms with E-state index in [0.717, 1.165) is 6.07 Å². The number of hydrogen-bond donors (Lipinski definition) is 1. The van der Waals surface area contributed by atoms with Gasteiger partial charge in [-0.05, 0) is 6.07 Å². The Kier molecular flexibility index (Phi) is 1.83. The van der Waals surface area contributed by atoms with Crippen molar-refractivity contribution in [3.63, 3.8) is 0 Å². The van der Waals surface area contributed by atoms with Crippen LogP contribution in [0.5, 0.6) is 0 Å². The van der Waals surface area contributed by atoms with Gasteiger partial charge in [0.15, 0.2) is 0 Å². The van der Waals surface area contributed by atoms with Gasteiger partial charge >= 0.3 is 6.18 Å². The van der Waals surface area contributed by atoms with E-state index >= 15 is 0 Å². The van der Waals surface area contributed by atoms with Crippen LogP contribution in [0.15, 0.2) is 10.5 Å². The lowest BCUT2D eigenvalue weighted by molar-refractivity contribution is -0.153. The Labute approximate surface area is 72.7 Å². The molecule has 1 N–H and O–H groups in total. The molecule has 1 aliphatic heterocycles. The Morgan fingerprint density at radius 1 is 1.38 bits per heavy atom. The van der Waals surface area contributed by atoms with Crippen molar-refractivity contribution in [3.05, 3.63) is 23.2 Å². The molecule has 0 saturated heterocycles. The third-order valence-electron chi connectivity index (χ3n) is 2.02. The maximum absolute atomic E-state index is 12.2. The molecule has 13 heavy (non-hydrogen) atoms. The maximum Gasteiger partial charge on any atom is 0.449 e. The Morgan fingerprint density at radius 3 is 2.77 bits per heavy atom. The number of hydrogen-bond acceptors (Lipinski definition) is 2. The highest BCUT2D eigenvalue weighted by Gasteiger charge is 2.36. The van der Waals surface area contributed by atoms with Gasteiger partial charge in [0.1, 0.15) is 5.76 Å². The molecule has 0 aliphatic carbocycles. The van der Waals surface area contributed by atoms with Crippen LogP contribution in [0.2, 0.25) is 0 Å². The molecule has 1 aromatic heterocycles. The van der Waals surface area contributed by atoms with Crippen LogP contribution >= 0.6 is 0 Å². The molecule has 1 aliphatic rings. The van der Waals surface area contributed by atoms with E-state index in [-0.39, 0.29) is 0 Å². The Hall–Kier alpha value is -0.970. The largest absolute Gasteiger partial charge is 0.456 e. The Bertz CT molecular complexity index is 292. The predicted octanol–water partition coefficient (Wildman–Crippen LogP) is 1.94. The molecule has 0 radical (unpaired) electrons. The first-order valence-electron chi connectivity index (χ1n) is 3.97. The number of halogens is 3. The minimum absolute atomic E-state index is 0.464. The Morgan fingerprint density at radius 2 is 2.15 bits per heavy atom. The molecule has 0 spiro atoms. The molecular weight excluding hydrogens is 183 g/mol. The van der Waals surface area contributed by atoms with Gasteiger partial charge in [-0.25, -0.2) is 0 Å². The molecule has 0 atom stereocenters. The van der Waals surface area contributed by atoms with E-state index in [1.807, 2.05) is 0 Å². The third-order valence-corrected chi connectivity index (χ3v) is 2.02. The summed E-state index contributed by atoms with van der Waals surface area (Å²) in [6, 6.07) is 1.07. The SMILES string of the molecule is FC(F)(F)c1cc2c(o1)CCNC2. The fourth-order valence-corrected chi connectivity index (χ4v) is 1.39. The quantitative estimate of drug-likeness (QED) is 0.677. The minimum Gasteiger partial charge on any atom is -0.456 e. The van der Waals surface area contributed by atoms with Crippen LogP contribution in [-0.4, -0.2) is 6.54 Å². The van der Waals surface area contributed by atoms with Crippen molar-refractivity contribution < 1.29 is 17.6 Å². The number of fused-ring (bicyclic) bond motifs is 1. The van der Waals surface area contributed by atoms with Crippen LogP contribution in [-0.2, 0) is 19.1 Å². The molecule has 0 unspecified atom stereocenters. The molecule has 0 fully saturated rings. The predicted molar refractivity (Wildman–Crippen MR) is 39.1 cm³/mol.